The number of fused-ring (bicyclic) bond motifs is 7. The molecule has 6 rings (SSSR count). The van der Waals surface area contributed by atoms with E-state index in [1.54, 1.807) is 5.57 Å². The molecule has 1 aliphatic carbocycles. The Labute approximate surface area is 185 Å². The maximum atomic E-state index is 13.8. The molecule has 4 heteroatoms. The third kappa shape index (κ3) is 3.17. The molecular weight excluding hydrogens is 382 g/mol. The van der Waals surface area contributed by atoms with Gasteiger partial charge in [0.2, 0.25) is 0 Å². The maximum absolute atomic E-state index is 13.8. The second kappa shape index (κ2) is 7.51. The molecule has 4 aliphatic rings. The van der Waals surface area contributed by atoms with E-state index in [4.69, 9.17) is 0 Å². The number of nitrogens with zero attached hydrogens (tertiary/aromatic N) is 3. The van der Waals surface area contributed by atoms with E-state index in [9.17, 15) is 4.79 Å². The summed E-state index contributed by atoms with van der Waals surface area (Å²) in [5.41, 5.74) is 3.59. The van der Waals surface area contributed by atoms with E-state index in [2.05, 4.69) is 58.7 Å². The van der Waals surface area contributed by atoms with Crippen molar-refractivity contribution in [1.29, 1.82) is 0 Å². The van der Waals surface area contributed by atoms with Crippen molar-refractivity contribution in [2.45, 2.75) is 70.5 Å². The Balaban J connectivity index is 1.33. The topological polar surface area (TPSA) is 28.5 Å². The van der Waals surface area contributed by atoms with Crippen LogP contribution in [-0.4, -0.2) is 52.0 Å². The first-order chi connectivity index (χ1) is 15.1. The summed E-state index contributed by atoms with van der Waals surface area (Å²) in [6.07, 6.45) is 12.4. The van der Waals surface area contributed by atoms with Crippen molar-refractivity contribution < 1.29 is 4.79 Å². The van der Waals surface area contributed by atoms with Gasteiger partial charge in [0.1, 0.15) is 0 Å². The smallest absolute Gasteiger partial charge is 0.254 e. The molecule has 4 heterocycles. The Morgan fingerprint density at radius 3 is 2.87 bits per heavy atom. The predicted molar refractivity (Wildman–Crippen MR) is 125 cm³/mol. The quantitative estimate of drug-likeness (QED) is 0.624. The van der Waals surface area contributed by atoms with Crippen LogP contribution in [0.2, 0.25) is 0 Å². The molecule has 3 aliphatic heterocycles. The molecule has 31 heavy (non-hydrogen) atoms. The van der Waals surface area contributed by atoms with Crippen LogP contribution in [0.25, 0.3) is 10.9 Å². The fourth-order valence-corrected chi connectivity index (χ4v) is 7.10. The van der Waals surface area contributed by atoms with Crippen LogP contribution in [-0.2, 0) is 0 Å². The van der Waals surface area contributed by atoms with Gasteiger partial charge in [-0.1, -0.05) is 24.1 Å². The summed E-state index contributed by atoms with van der Waals surface area (Å²) in [7, 11) is 0. The second-order valence-electron chi connectivity index (χ2n) is 10.6. The molecule has 4 unspecified atom stereocenters. The van der Waals surface area contributed by atoms with Crippen molar-refractivity contribution in [1.82, 2.24) is 14.4 Å². The van der Waals surface area contributed by atoms with E-state index < -0.39 is 0 Å². The molecule has 0 radical (unpaired) electrons. The highest BCUT2D eigenvalue weighted by Gasteiger charge is 2.47. The van der Waals surface area contributed by atoms with Crippen LogP contribution in [0, 0.1) is 11.8 Å². The largest absolute Gasteiger partial charge is 0.345 e. The average molecular weight is 418 g/mol. The molecule has 3 fully saturated rings. The number of rotatable bonds is 2. The highest BCUT2D eigenvalue weighted by atomic mass is 16.2. The first-order valence-electron chi connectivity index (χ1n) is 12.5. The molecule has 1 aromatic heterocycles. The Morgan fingerprint density at radius 1 is 1.10 bits per heavy atom. The zero-order valence-electron chi connectivity index (χ0n) is 19.0. The molecule has 1 aromatic carbocycles. The van der Waals surface area contributed by atoms with Gasteiger partial charge in [-0.3, -0.25) is 9.69 Å². The van der Waals surface area contributed by atoms with Gasteiger partial charge < -0.3 is 9.47 Å². The van der Waals surface area contributed by atoms with Crippen LogP contribution >= 0.6 is 0 Å². The zero-order valence-corrected chi connectivity index (χ0v) is 19.0. The van der Waals surface area contributed by atoms with Crippen molar-refractivity contribution in [3.63, 3.8) is 0 Å². The average Bonchev–Trinajstić information content (AvgIpc) is 3.22. The summed E-state index contributed by atoms with van der Waals surface area (Å²) in [6.45, 7) is 7.73. The van der Waals surface area contributed by atoms with E-state index in [0.29, 0.717) is 23.9 Å². The van der Waals surface area contributed by atoms with Gasteiger partial charge >= 0.3 is 0 Å². The molecule has 4 atom stereocenters. The highest BCUT2D eigenvalue weighted by molar-refractivity contribution is 5.98. The van der Waals surface area contributed by atoms with E-state index in [-0.39, 0.29) is 5.91 Å². The summed E-state index contributed by atoms with van der Waals surface area (Å²) in [6, 6.07) is 9.91. The summed E-state index contributed by atoms with van der Waals surface area (Å²) in [4.78, 5) is 18.8. The van der Waals surface area contributed by atoms with Crippen molar-refractivity contribution in [3.8, 4) is 0 Å². The second-order valence-corrected chi connectivity index (χ2v) is 10.6. The van der Waals surface area contributed by atoms with Gasteiger partial charge in [0.25, 0.3) is 5.91 Å². The van der Waals surface area contributed by atoms with Crippen LogP contribution in [0.15, 0.2) is 42.1 Å². The fraction of sp³-hybridized carbons (Fsp3) is 0.593. The molecule has 0 N–H and O–H groups in total. The third-order valence-electron chi connectivity index (χ3n) is 8.44. The number of hydrogen-bond donors (Lipinski definition) is 0. The number of carbonyl (C=O) groups is 1. The van der Waals surface area contributed by atoms with Crippen molar-refractivity contribution in [2.24, 2.45) is 11.8 Å². The van der Waals surface area contributed by atoms with E-state index in [1.165, 1.54) is 56.1 Å². The predicted octanol–water partition coefficient (Wildman–Crippen LogP) is 5.26. The minimum atomic E-state index is 0.230. The minimum Gasteiger partial charge on any atom is -0.345 e. The number of aromatic nitrogens is 1. The number of hydrogen-bond acceptors (Lipinski definition) is 2. The molecule has 0 spiro atoms. The van der Waals surface area contributed by atoms with Gasteiger partial charge in [-0.25, -0.2) is 0 Å². The lowest BCUT2D eigenvalue weighted by atomic mass is 9.68. The number of benzene rings is 1. The molecule has 3 saturated heterocycles. The highest BCUT2D eigenvalue weighted by Crippen LogP contribution is 2.45. The number of amides is 1. The molecule has 0 saturated carbocycles. The van der Waals surface area contributed by atoms with Gasteiger partial charge in [0.15, 0.2) is 0 Å². The van der Waals surface area contributed by atoms with Gasteiger partial charge in [-0.15, -0.1) is 0 Å². The molecule has 2 aromatic rings. The van der Waals surface area contributed by atoms with Gasteiger partial charge in [0, 0.05) is 42.5 Å². The van der Waals surface area contributed by atoms with Crippen LogP contribution in [0.5, 0.6) is 0 Å². The molecule has 4 nitrogen and oxygen atoms in total. The van der Waals surface area contributed by atoms with Crippen molar-refractivity contribution in [2.75, 3.05) is 19.6 Å². The normalized spacial score (nSPS) is 30.8. The Bertz CT molecular complexity index is 1030. The molecular formula is C27H35N3O. The van der Waals surface area contributed by atoms with Crippen LogP contribution in [0.3, 0.4) is 0 Å². The Hall–Kier alpha value is -2.07. The van der Waals surface area contributed by atoms with Crippen LogP contribution < -0.4 is 0 Å². The minimum absolute atomic E-state index is 0.230. The Kier molecular flexibility index (Phi) is 4.75. The third-order valence-corrected chi connectivity index (χ3v) is 8.44. The van der Waals surface area contributed by atoms with E-state index in [0.717, 1.165) is 24.6 Å². The van der Waals surface area contributed by atoms with E-state index >= 15 is 0 Å². The van der Waals surface area contributed by atoms with Gasteiger partial charge in [0.05, 0.1) is 6.04 Å². The number of likely N-dealkylation sites (tertiary alicyclic amines) is 1. The molecule has 1 amide bonds. The van der Waals surface area contributed by atoms with Crippen molar-refractivity contribution in [3.05, 3.63) is 47.7 Å². The Morgan fingerprint density at radius 2 is 2.00 bits per heavy atom. The van der Waals surface area contributed by atoms with Gasteiger partial charge in [-0.05, 0) is 87.9 Å². The molecule has 164 valence electrons. The first kappa shape index (κ1) is 19.6. The summed E-state index contributed by atoms with van der Waals surface area (Å²) < 4.78 is 2.27. The molecule has 2 bridgehead atoms. The van der Waals surface area contributed by atoms with E-state index in [1.807, 2.05) is 6.07 Å². The standard InChI is InChI=1S/C27H35N3O/c1-18(2)29-13-10-19-8-9-21(16-25(19)29)27(31)30-12-5-6-20-14-22-15-23(26(20)30)17-28-11-4-3-7-24(22)28/h8-10,13-14,16,18,22-24,26H,3-7,11-12,15,17H2,1-2H3. The number of piperidine rings is 3. The van der Waals surface area contributed by atoms with Gasteiger partial charge in [-0.2, -0.15) is 0 Å². The zero-order chi connectivity index (χ0) is 21.1. The lowest BCUT2D eigenvalue weighted by Gasteiger charge is -2.54. The van der Waals surface area contributed by atoms with Crippen LogP contribution in [0.1, 0.15) is 68.8 Å². The maximum Gasteiger partial charge on any atom is 0.254 e. The SMILES string of the molecule is CC(C)n1ccc2ccc(C(=O)N3CCCC4=CC5CC(CN6CCCCC56)C43)cc21. The van der Waals surface area contributed by atoms with Crippen molar-refractivity contribution >= 4 is 16.8 Å². The van der Waals surface area contributed by atoms with Crippen LogP contribution in [0.4, 0.5) is 0 Å². The monoisotopic (exact) mass is 417 g/mol. The summed E-state index contributed by atoms with van der Waals surface area (Å²) in [5.74, 6) is 1.55. The first-order valence-corrected chi connectivity index (χ1v) is 12.5. The number of carbonyl (C=O) groups excluding carboxylic acids is 1. The fourth-order valence-electron chi connectivity index (χ4n) is 7.10. The summed E-state index contributed by atoms with van der Waals surface area (Å²) >= 11 is 0. The summed E-state index contributed by atoms with van der Waals surface area (Å²) in [5, 5.41) is 1.22. The lowest BCUT2D eigenvalue weighted by molar-refractivity contribution is 0.00148. The lowest BCUT2D eigenvalue weighted by Crippen LogP contribution is -2.60.